The Morgan fingerprint density at radius 1 is 0.885 bits per heavy atom. The van der Waals surface area contributed by atoms with Crippen molar-refractivity contribution in [3.05, 3.63) is 57.4 Å². The van der Waals surface area contributed by atoms with Crippen LogP contribution in [0.3, 0.4) is 0 Å². The Kier molecular flexibility index (Phi) is 4.60. The number of benzene rings is 2. The van der Waals surface area contributed by atoms with E-state index in [1.165, 1.54) is 0 Å². The van der Waals surface area contributed by atoms with Gasteiger partial charge in [0.2, 0.25) is 0 Å². The van der Waals surface area contributed by atoms with Crippen molar-refractivity contribution in [1.29, 1.82) is 0 Å². The van der Waals surface area contributed by atoms with Gasteiger partial charge in [0.25, 0.3) is 0 Å². The fourth-order valence-electron chi connectivity index (χ4n) is 3.08. The summed E-state index contributed by atoms with van der Waals surface area (Å²) in [5.41, 5.74) is 1.45. The summed E-state index contributed by atoms with van der Waals surface area (Å²) < 4.78 is 8.43. The minimum atomic E-state index is -0.913. The number of ether oxygens (including phenoxy) is 1. The summed E-state index contributed by atoms with van der Waals surface area (Å²) in [6.45, 7) is 2.08. The SMILES string of the molecule is CCOC(=O)c1[se]c2ccccc2c1-c1c(C(=O)O)[se]c2ccccc12. The van der Waals surface area contributed by atoms with Crippen LogP contribution in [-0.2, 0) is 4.74 Å². The van der Waals surface area contributed by atoms with Crippen LogP contribution in [0.5, 0.6) is 0 Å². The van der Waals surface area contributed by atoms with Crippen LogP contribution in [0.1, 0.15) is 25.4 Å². The summed E-state index contributed by atoms with van der Waals surface area (Å²) in [5, 5.41) is 11.7. The molecule has 0 atom stereocenters. The Morgan fingerprint density at radius 2 is 1.38 bits per heavy atom. The molecular weight excluding hydrogens is 462 g/mol. The van der Waals surface area contributed by atoms with Crippen molar-refractivity contribution in [3.8, 4) is 11.1 Å². The van der Waals surface area contributed by atoms with Gasteiger partial charge in [0.15, 0.2) is 0 Å². The number of aromatic carboxylic acids is 1. The summed E-state index contributed by atoms with van der Waals surface area (Å²) in [5.74, 6) is -1.25. The molecule has 2 aromatic heterocycles. The van der Waals surface area contributed by atoms with Crippen molar-refractivity contribution >= 4 is 60.2 Å². The molecule has 6 heteroatoms. The van der Waals surface area contributed by atoms with E-state index in [4.69, 9.17) is 4.74 Å². The van der Waals surface area contributed by atoms with Crippen molar-refractivity contribution in [2.24, 2.45) is 0 Å². The molecule has 0 aliphatic rings. The number of carbonyl (C=O) groups is 2. The van der Waals surface area contributed by atoms with Gasteiger partial charge in [-0.25, -0.2) is 0 Å². The molecule has 4 nitrogen and oxygen atoms in total. The van der Waals surface area contributed by atoms with E-state index in [0.29, 0.717) is 21.0 Å². The number of esters is 1. The van der Waals surface area contributed by atoms with E-state index in [0.717, 1.165) is 24.9 Å². The zero-order valence-electron chi connectivity index (χ0n) is 13.8. The first-order valence-corrected chi connectivity index (χ1v) is 11.5. The molecule has 0 radical (unpaired) electrons. The van der Waals surface area contributed by atoms with Crippen LogP contribution >= 0.6 is 0 Å². The molecule has 0 amide bonds. The number of rotatable bonds is 4. The van der Waals surface area contributed by atoms with Crippen LogP contribution in [0.25, 0.3) is 30.4 Å². The summed E-state index contributed by atoms with van der Waals surface area (Å²) in [4.78, 5) is 24.6. The molecule has 1 N–H and O–H groups in total. The molecule has 0 unspecified atom stereocenters. The standard InChI is InChI=1S/C20H14O4Se2/c1-2-24-20(23)18-16(12-8-4-6-10-14(12)26-18)15-11-7-3-5-9-13(11)25-17(15)19(21)22/h3-10H,2H2,1H3,(H,21,22). The molecule has 0 aliphatic carbocycles. The van der Waals surface area contributed by atoms with Gasteiger partial charge in [-0.15, -0.1) is 0 Å². The predicted octanol–water partition coefficient (Wildman–Crippen LogP) is 3.65. The quantitative estimate of drug-likeness (QED) is 0.361. The van der Waals surface area contributed by atoms with Crippen molar-refractivity contribution in [2.45, 2.75) is 6.92 Å². The Hall–Kier alpha value is -2.10. The topological polar surface area (TPSA) is 63.6 Å². The number of hydrogen-bond donors (Lipinski definition) is 1. The summed E-state index contributed by atoms with van der Waals surface area (Å²) in [6, 6.07) is 15.6. The van der Waals surface area contributed by atoms with E-state index < -0.39 is 5.97 Å². The number of carboxylic acid groups (broad SMARTS) is 1. The van der Waals surface area contributed by atoms with Gasteiger partial charge in [-0.05, 0) is 0 Å². The average Bonchev–Trinajstić information content (AvgIpc) is 3.20. The first-order chi connectivity index (χ1) is 12.6. The summed E-state index contributed by atoms with van der Waals surface area (Å²) >= 11 is -0.478. The van der Waals surface area contributed by atoms with Crippen molar-refractivity contribution in [1.82, 2.24) is 0 Å². The summed E-state index contributed by atoms with van der Waals surface area (Å²) in [6.07, 6.45) is 0. The number of hydrogen-bond acceptors (Lipinski definition) is 3. The van der Waals surface area contributed by atoms with Gasteiger partial charge in [-0.1, -0.05) is 0 Å². The Bertz CT molecular complexity index is 1150. The van der Waals surface area contributed by atoms with Gasteiger partial charge in [-0.2, -0.15) is 0 Å². The minimum absolute atomic E-state index is 0.195. The second-order valence-corrected chi connectivity index (χ2v) is 10.0. The zero-order chi connectivity index (χ0) is 18.3. The van der Waals surface area contributed by atoms with Crippen molar-refractivity contribution in [3.63, 3.8) is 0 Å². The average molecular weight is 476 g/mol. The van der Waals surface area contributed by atoms with Crippen LogP contribution in [0.15, 0.2) is 48.5 Å². The molecule has 0 saturated carbocycles. The van der Waals surface area contributed by atoms with Crippen LogP contribution in [0.4, 0.5) is 0 Å². The normalized spacial score (nSPS) is 11.1. The van der Waals surface area contributed by atoms with Gasteiger partial charge in [0.1, 0.15) is 0 Å². The molecular formula is C20H14O4Se2. The van der Waals surface area contributed by atoms with Gasteiger partial charge in [0.05, 0.1) is 0 Å². The molecule has 130 valence electrons. The molecule has 0 spiro atoms. The van der Waals surface area contributed by atoms with Gasteiger partial charge < -0.3 is 0 Å². The van der Waals surface area contributed by atoms with E-state index in [9.17, 15) is 14.7 Å². The Morgan fingerprint density at radius 3 is 1.92 bits per heavy atom. The van der Waals surface area contributed by atoms with E-state index in [2.05, 4.69) is 0 Å². The molecule has 26 heavy (non-hydrogen) atoms. The zero-order valence-corrected chi connectivity index (χ0v) is 17.2. The first kappa shape index (κ1) is 17.3. The monoisotopic (exact) mass is 478 g/mol. The second-order valence-electron chi connectivity index (χ2n) is 5.63. The Balaban J connectivity index is 2.13. The Labute approximate surface area is 161 Å². The maximum atomic E-state index is 12.6. The van der Waals surface area contributed by atoms with E-state index in [1.807, 2.05) is 48.5 Å². The van der Waals surface area contributed by atoms with Crippen LogP contribution in [0.2, 0.25) is 0 Å². The van der Waals surface area contributed by atoms with E-state index >= 15 is 0 Å². The number of carbonyl (C=O) groups excluding carboxylic acids is 1. The van der Waals surface area contributed by atoms with Crippen LogP contribution in [-0.4, -0.2) is 52.7 Å². The molecule has 4 rings (SSSR count). The molecule has 0 aliphatic heterocycles. The second kappa shape index (κ2) is 6.90. The van der Waals surface area contributed by atoms with E-state index in [-0.39, 0.29) is 35.0 Å². The van der Waals surface area contributed by atoms with Gasteiger partial charge >= 0.3 is 162 Å². The molecule has 0 fully saturated rings. The van der Waals surface area contributed by atoms with Crippen molar-refractivity contribution < 1.29 is 19.4 Å². The predicted molar refractivity (Wildman–Crippen MR) is 104 cm³/mol. The fourth-order valence-corrected chi connectivity index (χ4v) is 7.59. The van der Waals surface area contributed by atoms with Gasteiger partial charge in [0, 0.05) is 0 Å². The van der Waals surface area contributed by atoms with E-state index in [1.54, 1.807) is 6.92 Å². The molecule has 2 aromatic carbocycles. The molecule has 0 bridgehead atoms. The first-order valence-electron chi connectivity index (χ1n) is 8.05. The third kappa shape index (κ3) is 2.76. The third-order valence-corrected chi connectivity index (χ3v) is 8.94. The van der Waals surface area contributed by atoms with Crippen LogP contribution < -0.4 is 0 Å². The molecule has 2 heterocycles. The number of carboxylic acids is 1. The number of fused-ring (bicyclic) bond motifs is 2. The summed E-state index contributed by atoms with van der Waals surface area (Å²) in [7, 11) is 0. The fraction of sp³-hybridized carbons (Fsp3) is 0.100. The van der Waals surface area contributed by atoms with Gasteiger partial charge in [-0.3, -0.25) is 0 Å². The molecule has 0 saturated heterocycles. The third-order valence-electron chi connectivity index (χ3n) is 4.10. The maximum absolute atomic E-state index is 12.6. The molecule has 4 aromatic rings. The van der Waals surface area contributed by atoms with Crippen LogP contribution in [0, 0.1) is 0 Å². The van der Waals surface area contributed by atoms with Crippen molar-refractivity contribution in [2.75, 3.05) is 6.61 Å².